The molecule has 0 aliphatic carbocycles. The third-order valence-corrected chi connectivity index (χ3v) is 9.96. The smallest absolute Gasteiger partial charge is 0.253 e. The Bertz CT molecular complexity index is 1720. The highest BCUT2D eigenvalue weighted by Gasteiger charge is 2.75. The number of aliphatic hydroxyl groups is 1. The quantitative estimate of drug-likeness (QED) is 0.411. The van der Waals surface area contributed by atoms with Gasteiger partial charge in [0.05, 0.1) is 30.1 Å². The third kappa shape index (κ3) is 4.53. The second kappa shape index (κ2) is 11.0. The van der Waals surface area contributed by atoms with Crippen LogP contribution >= 0.6 is 0 Å². The van der Waals surface area contributed by atoms with Gasteiger partial charge in [-0.1, -0.05) is 86.7 Å². The molecule has 8 heteroatoms. The molecular weight excluding hydrogens is 566 g/mol. The van der Waals surface area contributed by atoms with Gasteiger partial charge in [-0.25, -0.2) is 0 Å². The van der Waals surface area contributed by atoms with Gasteiger partial charge in [-0.3, -0.25) is 14.4 Å². The maximum absolute atomic E-state index is 14.9. The summed E-state index contributed by atoms with van der Waals surface area (Å²) in [4.78, 5) is 49.3. The molecule has 3 aromatic rings. The SMILES string of the molecule is CC(C)C[C@H](CO)N1C(=O)[C@@H]2[C@H]3C(=O)N(c4ccccc4)CC=C[C@@]3(C)O[C@@]23C=CCN(c2ccc4ccccc4c2)C(=O)C13. The number of rotatable bonds is 6. The molecule has 6 atom stereocenters. The van der Waals surface area contributed by atoms with Crippen LogP contribution in [0.1, 0.15) is 27.2 Å². The summed E-state index contributed by atoms with van der Waals surface area (Å²) in [5.41, 5.74) is -1.08. The van der Waals surface area contributed by atoms with Crippen LogP contribution in [-0.4, -0.2) is 70.7 Å². The number of likely N-dealkylation sites (tertiary alicyclic amines) is 1. The average Bonchev–Trinajstić information content (AvgIpc) is 3.31. The molecule has 0 saturated carbocycles. The van der Waals surface area contributed by atoms with E-state index >= 15 is 0 Å². The van der Waals surface area contributed by atoms with E-state index < -0.39 is 35.1 Å². The molecule has 45 heavy (non-hydrogen) atoms. The number of amides is 3. The van der Waals surface area contributed by atoms with E-state index in [-0.39, 0.29) is 36.8 Å². The van der Waals surface area contributed by atoms with Crippen LogP contribution < -0.4 is 9.80 Å². The largest absolute Gasteiger partial charge is 0.394 e. The molecule has 1 N–H and O–H groups in total. The third-order valence-electron chi connectivity index (χ3n) is 9.96. The zero-order chi connectivity index (χ0) is 31.5. The van der Waals surface area contributed by atoms with Crippen molar-refractivity contribution in [1.29, 1.82) is 0 Å². The van der Waals surface area contributed by atoms with Crippen LogP contribution in [0.15, 0.2) is 97.1 Å². The molecule has 4 aliphatic heterocycles. The number of para-hydroxylation sites is 1. The Kier molecular flexibility index (Phi) is 7.17. The summed E-state index contributed by atoms with van der Waals surface area (Å²) < 4.78 is 7.00. The van der Waals surface area contributed by atoms with Crippen molar-refractivity contribution in [2.75, 3.05) is 29.5 Å². The molecule has 2 saturated heterocycles. The van der Waals surface area contributed by atoms with Gasteiger partial charge in [0, 0.05) is 24.5 Å². The summed E-state index contributed by atoms with van der Waals surface area (Å²) in [7, 11) is 0. The maximum atomic E-state index is 14.9. The van der Waals surface area contributed by atoms with Crippen LogP contribution in [0, 0.1) is 17.8 Å². The summed E-state index contributed by atoms with van der Waals surface area (Å²) in [6.07, 6.45) is 8.06. The first kappa shape index (κ1) is 29.4. The lowest BCUT2D eigenvalue weighted by atomic mass is 9.74. The van der Waals surface area contributed by atoms with Crippen LogP contribution in [0.2, 0.25) is 0 Å². The van der Waals surface area contributed by atoms with E-state index in [0.717, 1.165) is 16.5 Å². The first-order valence-corrected chi connectivity index (χ1v) is 15.8. The molecular formula is C37H39N3O5. The molecule has 0 aromatic heterocycles. The van der Waals surface area contributed by atoms with E-state index in [1.165, 1.54) is 0 Å². The van der Waals surface area contributed by atoms with Crippen molar-refractivity contribution < 1.29 is 24.2 Å². The number of hydrogen-bond acceptors (Lipinski definition) is 5. The number of hydrogen-bond donors (Lipinski definition) is 1. The molecule has 3 aromatic carbocycles. The van der Waals surface area contributed by atoms with Gasteiger partial charge in [-0.05, 0) is 54.3 Å². The van der Waals surface area contributed by atoms with Gasteiger partial charge in [-0.2, -0.15) is 0 Å². The number of fused-ring (bicyclic) bond motifs is 3. The molecule has 8 nitrogen and oxygen atoms in total. The molecule has 0 bridgehead atoms. The molecule has 2 fully saturated rings. The topological polar surface area (TPSA) is 90.4 Å². The van der Waals surface area contributed by atoms with Crippen molar-refractivity contribution in [3.05, 3.63) is 97.1 Å². The van der Waals surface area contributed by atoms with Gasteiger partial charge < -0.3 is 24.5 Å². The van der Waals surface area contributed by atoms with Gasteiger partial charge >= 0.3 is 0 Å². The zero-order valence-corrected chi connectivity index (χ0v) is 25.9. The van der Waals surface area contributed by atoms with Crippen LogP contribution in [0.3, 0.4) is 0 Å². The molecule has 7 rings (SSSR count). The molecule has 0 radical (unpaired) electrons. The lowest BCUT2D eigenvalue weighted by molar-refractivity contribution is -0.148. The normalized spacial score (nSPS) is 30.0. The van der Waals surface area contributed by atoms with Crippen molar-refractivity contribution in [2.45, 2.75) is 50.5 Å². The number of carbonyl (C=O) groups excluding carboxylic acids is 3. The van der Waals surface area contributed by atoms with Crippen molar-refractivity contribution >= 4 is 39.9 Å². The Morgan fingerprint density at radius 1 is 0.800 bits per heavy atom. The fourth-order valence-corrected chi connectivity index (χ4v) is 8.09. The van der Waals surface area contributed by atoms with Crippen molar-refractivity contribution in [3.8, 4) is 0 Å². The number of anilines is 2. The molecule has 3 amide bonds. The minimum Gasteiger partial charge on any atom is -0.394 e. The summed E-state index contributed by atoms with van der Waals surface area (Å²) in [5, 5.41) is 12.7. The second-order valence-corrected chi connectivity index (χ2v) is 13.3. The second-order valence-electron chi connectivity index (χ2n) is 13.3. The maximum Gasteiger partial charge on any atom is 0.253 e. The number of ether oxygens (including phenoxy) is 1. The lowest BCUT2D eigenvalue weighted by Gasteiger charge is -2.40. The van der Waals surface area contributed by atoms with Gasteiger partial charge in [0.25, 0.3) is 5.91 Å². The predicted octanol–water partition coefficient (Wildman–Crippen LogP) is 4.72. The molecule has 1 unspecified atom stereocenters. The zero-order valence-electron chi connectivity index (χ0n) is 25.9. The summed E-state index contributed by atoms with van der Waals surface area (Å²) >= 11 is 0. The van der Waals surface area contributed by atoms with Gasteiger partial charge in [0.1, 0.15) is 11.6 Å². The Labute approximate surface area is 263 Å². The van der Waals surface area contributed by atoms with Crippen molar-refractivity contribution in [1.82, 2.24) is 4.90 Å². The number of aliphatic hydroxyl groups excluding tert-OH is 1. The Hall–Kier alpha value is -4.27. The van der Waals surface area contributed by atoms with Gasteiger partial charge in [0.2, 0.25) is 11.8 Å². The summed E-state index contributed by atoms with van der Waals surface area (Å²) in [6, 6.07) is 21.6. The highest BCUT2D eigenvalue weighted by atomic mass is 16.5. The van der Waals surface area contributed by atoms with E-state index in [0.29, 0.717) is 18.7 Å². The van der Waals surface area contributed by atoms with Gasteiger partial charge in [0.15, 0.2) is 0 Å². The van der Waals surface area contributed by atoms with Crippen molar-refractivity contribution in [2.24, 2.45) is 17.8 Å². The standard InChI is InChI=1S/C37H39N3O5/c1-24(2)21-29(23-41)40-32-35(44)39(28-16-15-25-11-7-8-12-26(25)22-28)20-10-18-37(32)31(34(40)43)30-33(42)38(27-13-5-4-6-14-27)19-9-17-36(30,3)45-37/h4-18,22,24,29-32,41H,19-21,23H2,1-3H3/t29-,30+,31+,32?,36-,37+/m1/s1. The lowest BCUT2D eigenvalue weighted by Crippen LogP contribution is -2.59. The van der Waals surface area contributed by atoms with Crippen LogP contribution in [0.4, 0.5) is 11.4 Å². The van der Waals surface area contributed by atoms with Crippen LogP contribution in [0.25, 0.3) is 10.8 Å². The number of benzene rings is 3. The predicted molar refractivity (Wildman–Crippen MR) is 174 cm³/mol. The minimum atomic E-state index is -1.40. The number of carbonyl (C=O) groups is 3. The molecule has 1 spiro atoms. The van der Waals surface area contributed by atoms with Crippen LogP contribution in [0.5, 0.6) is 0 Å². The van der Waals surface area contributed by atoms with E-state index in [2.05, 4.69) is 0 Å². The van der Waals surface area contributed by atoms with E-state index in [4.69, 9.17) is 4.74 Å². The first-order chi connectivity index (χ1) is 21.7. The van der Waals surface area contributed by atoms with Gasteiger partial charge in [-0.15, -0.1) is 0 Å². The van der Waals surface area contributed by atoms with Crippen LogP contribution in [-0.2, 0) is 19.1 Å². The summed E-state index contributed by atoms with van der Waals surface area (Å²) in [6.45, 7) is 6.23. The Morgan fingerprint density at radius 3 is 2.18 bits per heavy atom. The first-order valence-electron chi connectivity index (χ1n) is 15.8. The van der Waals surface area contributed by atoms with Crippen molar-refractivity contribution in [3.63, 3.8) is 0 Å². The molecule has 4 aliphatic rings. The van der Waals surface area contributed by atoms with E-state index in [9.17, 15) is 19.5 Å². The van der Waals surface area contributed by atoms with E-state index in [1.807, 2.05) is 118 Å². The fourth-order valence-electron chi connectivity index (χ4n) is 8.09. The Morgan fingerprint density at radius 2 is 1.47 bits per heavy atom. The molecule has 232 valence electrons. The summed E-state index contributed by atoms with van der Waals surface area (Å²) in [5.74, 6) is -2.51. The Balaban J connectivity index is 1.37. The monoisotopic (exact) mass is 605 g/mol. The minimum absolute atomic E-state index is 0.154. The highest BCUT2D eigenvalue weighted by Crippen LogP contribution is 2.58. The molecule has 4 heterocycles. The van der Waals surface area contributed by atoms with E-state index in [1.54, 1.807) is 14.7 Å². The number of nitrogens with zero attached hydrogens (tertiary/aromatic N) is 3. The fraction of sp³-hybridized carbons (Fsp3) is 0.378. The average molecular weight is 606 g/mol. The highest BCUT2D eigenvalue weighted by molar-refractivity contribution is 6.08.